The Morgan fingerprint density at radius 2 is 1.90 bits per heavy atom. The van der Waals surface area contributed by atoms with Crippen molar-refractivity contribution in [2.45, 2.75) is 24.6 Å². The van der Waals surface area contributed by atoms with Crippen LogP contribution in [0.5, 0.6) is 0 Å². The third kappa shape index (κ3) is 6.72. The minimum atomic E-state index is -5.74. The van der Waals surface area contributed by atoms with E-state index in [0.29, 0.717) is 4.57 Å². The molecule has 1 aromatic heterocycles. The Morgan fingerprint density at radius 1 is 1.28 bits per heavy atom. The maximum Gasteiger partial charge on any atom is 0.490 e. The number of alkyl halides is 1. The second-order valence-corrected chi connectivity index (χ2v) is 9.93. The summed E-state index contributed by atoms with van der Waals surface area (Å²) in [6.07, 6.45) is -3.29. The minimum absolute atomic E-state index is 0.211. The van der Waals surface area contributed by atoms with E-state index in [2.05, 4.69) is 18.1 Å². The Balaban J connectivity index is 2.05. The van der Waals surface area contributed by atoms with Gasteiger partial charge in [-0.15, -0.1) is 0 Å². The van der Waals surface area contributed by atoms with Gasteiger partial charge in [-0.25, -0.2) is 23.1 Å². The summed E-state index contributed by atoms with van der Waals surface area (Å²) >= 11 is 0. The zero-order valence-electron chi connectivity index (χ0n) is 13.9. The van der Waals surface area contributed by atoms with E-state index in [-0.39, 0.29) is 5.82 Å². The summed E-state index contributed by atoms with van der Waals surface area (Å²) in [6.45, 7) is -1.10. The summed E-state index contributed by atoms with van der Waals surface area (Å²) in [5.41, 5.74) is 4.12. The second kappa shape index (κ2) is 8.23. The number of aliphatic hydroxyl groups excluding tert-OH is 1. The van der Waals surface area contributed by atoms with Crippen LogP contribution in [0.1, 0.15) is 6.42 Å². The molecule has 5 atom stereocenters. The maximum absolute atomic E-state index is 14.9. The molecule has 1 aliphatic heterocycles. The van der Waals surface area contributed by atoms with E-state index >= 15 is 0 Å². The van der Waals surface area contributed by atoms with E-state index in [1.165, 1.54) is 0 Å². The van der Waals surface area contributed by atoms with Crippen LogP contribution < -0.4 is 11.4 Å². The van der Waals surface area contributed by atoms with Crippen LogP contribution in [-0.4, -0.2) is 53.0 Å². The molecule has 1 aliphatic rings. The first-order chi connectivity index (χ1) is 13.0. The summed E-state index contributed by atoms with van der Waals surface area (Å²) in [7, 11) is -16.8. The van der Waals surface area contributed by atoms with Gasteiger partial charge in [-0.3, -0.25) is 4.52 Å². The zero-order chi connectivity index (χ0) is 22.3. The van der Waals surface area contributed by atoms with Crippen molar-refractivity contribution in [2.75, 3.05) is 12.3 Å². The van der Waals surface area contributed by atoms with Crippen molar-refractivity contribution in [1.82, 2.24) is 9.55 Å². The van der Waals surface area contributed by atoms with Crippen molar-refractivity contribution >= 4 is 29.3 Å². The first-order valence-electron chi connectivity index (χ1n) is 7.21. The molecular formula is C9H15FN3O13P3. The molecule has 0 bridgehead atoms. The highest BCUT2D eigenvalue weighted by Gasteiger charge is 2.50. The summed E-state index contributed by atoms with van der Waals surface area (Å²) in [5.74, 6) is -3.14. The average Bonchev–Trinajstić information content (AvgIpc) is 2.76. The normalized spacial score (nSPS) is 29.3. The zero-order valence-corrected chi connectivity index (χ0v) is 16.6. The molecule has 166 valence electrons. The van der Waals surface area contributed by atoms with E-state index < -0.39 is 60.4 Å². The number of ether oxygens (including phenoxy) is 1. The van der Waals surface area contributed by atoms with Crippen LogP contribution in [0.3, 0.4) is 0 Å². The largest absolute Gasteiger partial charge is 0.490 e. The van der Waals surface area contributed by atoms with Gasteiger partial charge in [0.25, 0.3) is 5.98 Å². The number of phosphoric acid groups is 3. The predicted molar refractivity (Wildman–Crippen MR) is 87.3 cm³/mol. The average molecular weight is 485 g/mol. The number of hydrogen-bond donors (Lipinski definition) is 6. The molecule has 20 heteroatoms. The van der Waals surface area contributed by atoms with Gasteiger partial charge in [0.2, 0.25) is 0 Å². The van der Waals surface area contributed by atoms with E-state index in [1.54, 1.807) is 0 Å². The highest BCUT2D eigenvalue weighted by atomic mass is 31.3. The molecule has 2 heterocycles. The summed E-state index contributed by atoms with van der Waals surface area (Å²) in [5, 5.41) is 9.86. The van der Waals surface area contributed by atoms with Gasteiger partial charge >= 0.3 is 29.2 Å². The van der Waals surface area contributed by atoms with E-state index in [1.807, 2.05) is 0 Å². The number of nitrogens with zero attached hydrogens (tertiary/aromatic N) is 2. The molecule has 1 aromatic rings. The molecule has 2 unspecified atom stereocenters. The molecule has 0 saturated carbocycles. The van der Waals surface area contributed by atoms with Crippen LogP contribution in [-0.2, 0) is 37.6 Å². The van der Waals surface area contributed by atoms with Gasteiger partial charge in [-0.1, -0.05) is 0 Å². The number of nitrogens with two attached hydrogens (primary N) is 1. The molecule has 16 nitrogen and oxygen atoms in total. The lowest BCUT2D eigenvalue weighted by molar-refractivity contribution is -0.204. The summed E-state index contributed by atoms with van der Waals surface area (Å²) in [4.78, 5) is 50.2. The second-order valence-electron chi connectivity index (χ2n) is 5.51. The molecule has 29 heavy (non-hydrogen) atoms. The molecule has 0 aliphatic carbocycles. The molecule has 0 amide bonds. The fraction of sp³-hybridized carbons (Fsp3) is 0.556. The van der Waals surface area contributed by atoms with Gasteiger partial charge in [0.05, 0.1) is 19.1 Å². The fourth-order valence-electron chi connectivity index (χ4n) is 2.19. The van der Waals surface area contributed by atoms with Crippen LogP contribution in [0, 0.1) is 0 Å². The number of halogens is 1. The third-order valence-electron chi connectivity index (χ3n) is 3.22. The first-order valence-corrected chi connectivity index (χ1v) is 11.7. The lowest BCUT2D eigenvalue weighted by atomic mass is 10.2. The molecule has 1 saturated heterocycles. The Hall–Kier alpha value is -1.06. The molecule has 0 aromatic carbocycles. The van der Waals surface area contributed by atoms with Crippen molar-refractivity contribution in [3.05, 3.63) is 22.7 Å². The van der Waals surface area contributed by atoms with Crippen molar-refractivity contribution in [2.24, 2.45) is 0 Å². The van der Waals surface area contributed by atoms with Crippen LogP contribution >= 0.6 is 23.5 Å². The number of anilines is 1. The van der Waals surface area contributed by atoms with Gasteiger partial charge in [0.15, 0.2) is 0 Å². The lowest BCUT2D eigenvalue weighted by Crippen LogP contribution is -2.39. The van der Waals surface area contributed by atoms with E-state index in [4.69, 9.17) is 25.2 Å². The van der Waals surface area contributed by atoms with Gasteiger partial charge < -0.3 is 35.2 Å². The lowest BCUT2D eigenvalue weighted by Gasteiger charge is -2.22. The molecular weight excluding hydrogens is 470 g/mol. The molecule has 0 radical (unpaired) electrons. The SMILES string of the molecule is Nc1ccn([C@@]2(F)C[C@H](O)[C@@H](COP(=O)(O)OP(=O)(O)OP(=O)(O)O)O2)c(=O)n1. The number of phosphoric ester groups is 1. The Morgan fingerprint density at radius 3 is 2.45 bits per heavy atom. The smallest absolute Gasteiger partial charge is 0.390 e. The molecule has 7 N–H and O–H groups in total. The number of aromatic nitrogens is 2. The standard InChI is InChI=1S/C9H15FN3O13P3/c10-9(13-2-1-7(11)12-8(13)15)3-5(14)6(24-9)4-23-28(19,20)26-29(21,22)25-27(16,17)18/h1-2,5-6,14H,3-4H2,(H,19,20)(H,21,22)(H2,11,12,15)(H2,16,17,18)/t5-,6+,9-/m0/s1. The van der Waals surface area contributed by atoms with Crippen LogP contribution in [0.2, 0.25) is 0 Å². The predicted octanol–water partition coefficient (Wildman–Crippen LogP) is -1.10. The minimum Gasteiger partial charge on any atom is -0.390 e. The van der Waals surface area contributed by atoms with Crippen LogP contribution in [0.4, 0.5) is 10.2 Å². The van der Waals surface area contributed by atoms with Crippen molar-refractivity contribution in [1.29, 1.82) is 0 Å². The Bertz CT molecular complexity index is 966. The van der Waals surface area contributed by atoms with Gasteiger partial charge in [-0.05, 0) is 6.07 Å². The Kier molecular flexibility index (Phi) is 6.87. The van der Waals surface area contributed by atoms with Crippen molar-refractivity contribution in [3.8, 4) is 0 Å². The molecule has 1 fully saturated rings. The monoisotopic (exact) mass is 485 g/mol. The van der Waals surface area contributed by atoms with Gasteiger partial charge in [-0.2, -0.15) is 18.0 Å². The molecule has 2 rings (SSSR count). The van der Waals surface area contributed by atoms with Crippen molar-refractivity contribution in [3.63, 3.8) is 0 Å². The number of nitrogen functional groups attached to an aromatic ring is 1. The number of rotatable bonds is 8. The number of aliphatic hydroxyl groups is 1. The van der Waals surface area contributed by atoms with Crippen LogP contribution in [0.25, 0.3) is 0 Å². The maximum atomic E-state index is 14.9. The van der Waals surface area contributed by atoms with Gasteiger partial charge in [0, 0.05) is 6.20 Å². The highest BCUT2D eigenvalue weighted by Crippen LogP contribution is 2.66. The fourth-order valence-corrected chi connectivity index (χ4v) is 5.22. The van der Waals surface area contributed by atoms with Gasteiger partial charge in [0.1, 0.15) is 11.9 Å². The molecule has 0 spiro atoms. The van der Waals surface area contributed by atoms with E-state index in [0.717, 1.165) is 12.3 Å². The topological polar surface area (TPSA) is 250 Å². The van der Waals surface area contributed by atoms with Crippen LogP contribution in [0.15, 0.2) is 17.1 Å². The first kappa shape index (κ1) is 24.2. The Labute approximate surface area is 160 Å². The highest BCUT2D eigenvalue weighted by molar-refractivity contribution is 7.66. The summed E-state index contributed by atoms with van der Waals surface area (Å²) in [6, 6.07) is 1.07. The summed E-state index contributed by atoms with van der Waals surface area (Å²) < 4.78 is 64.7. The quantitative estimate of drug-likeness (QED) is 0.239. The van der Waals surface area contributed by atoms with Crippen molar-refractivity contribution < 1.29 is 60.6 Å². The number of hydrogen-bond acceptors (Lipinski definition) is 11. The third-order valence-corrected chi connectivity index (χ3v) is 7.03. The van der Waals surface area contributed by atoms with E-state index in [9.17, 15) is 32.9 Å².